The monoisotopic (exact) mass is 202 g/mol. The van der Waals surface area contributed by atoms with Crippen molar-refractivity contribution in [3.05, 3.63) is 48.0 Å². The van der Waals surface area contributed by atoms with Crippen LogP contribution in [0.3, 0.4) is 0 Å². The van der Waals surface area contributed by atoms with Gasteiger partial charge < -0.3 is 0 Å². The van der Waals surface area contributed by atoms with Crippen LogP contribution in [0.15, 0.2) is 42.5 Å². The van der Waals surface area contributed by atoms with E-state index < -0.39 is 0 Å². The van der Waals surface area contributed by atoms with Crippen molar-refractivity contribution in [3.8, 4) is 0 Å². The minimum Gasteiger partial charge on any atom is -0.300 e. The highest BCUT2D eigenvalue weighted by Gasteiger charge is 2.09. The zero-order valence-electron chi connectivity index (χ0n) is 9.44. The Morgan fingerprint density at radius 2 is 2.00 bits per heavy atom. The molecule has 0 fully saturated rings. The second-order valence-corrected chi connectivity index (χ2v) is 3.76. The van der Waals surface area contributed by atoms with E-state index in [1.54, 1.807) is 6.92 Å². The second kappa shape index (κ2) is 6.18. The quantitative estimate of drug-likeness (QED) is 0.665. The smallest absolute Gasteiger partial charge is 0.130 e. The number of carbonyl (C=O) groups is 1. The Labute approximate surface area is 91.8 Å². The molecule has 1 unspecified atom stereocenters. The van der Waals surface area contributed by atoms with Gasteiger partial charge in [-0.15, -0.1) is 0 Å². The van der Waals surface area contributed by atoms with Crippen molar-refractivity contribution in [3.63, 3.8) is 0 Å². The first-order valence-electron chi connectivity index (χ1n) is 5.45. The fourth-order valence-corrected chi connectivity index (χ4v) is 1.61. The lowest BCUT2D eigenvalue weighted by Crippen LogP contribution is -2.01. The standard InChI is InChI=1S/C14H18O/c1-3-4-8-14(11-12(2)15)13-9-6-5-7-10-13/h4-10,14H,3,11H2,1-2H3/b8-4+. The summed E-state index contributed by atoms with van der Waals surface area (Å²) in [5, 5.41) is 0. The van der Waals surface area contributed by atoms with Gasteiger partial charge in [0.05, 0.1) is 0 Å². The van der Waals surface area contributed by atoms with Gasteiger partial charge in [0.1, 0.15) is 5.78 Å². The topological polar surface area (TPSA) is 17.1 Å². The van der Waals surface area contributed by atoms with Crippen LogP contribution in [0.4, 0.5) is 0 Å². The molecule has 0 heterocycles. The molecule has 1 aromatic rings. The number of allylic oxidation sites excluding steroid dienone is 2. The Hall–Kier alpha value is -1.37. The Morgan fingerprint density at radius 1 is 1.33 bits per heavy atom. The summed E-state index contributed by atoms with van der Waals surface area (Å²) in [7, 11) is 0. The van der Waals surface area contributed by atoms with Gasteiger partial charge in [-0.25, -0.2) is 0 Å². The van der Waals surface area contributed by atoms with Gasteiger partial charge in [-0.3, -0.25) is 4.79 Å². The van der Waals surface area contributed by atoms with Gasteiger partial charge in [0.15, 0.2) is 0 Å². The van der Waals surface area contributed by atoms with E-state index in [4.69, 9.17) is 0 Å². The van der Waals surface area contributed by atoms with E-state index in [1.807, 2.05) is 18.2 Å². The SMILES string of the molecule is CC/C=C/C(CC(C)=O)c1ccccc1. The van der Waals surface area contributed by atoms with E-state index in [-0.39, 0.29) is 11.7 Å². The molecule has 0 saturated heterocycles. The van der Waals surface area contributed by atoms with Crippen LogP contribution in [0.1, 0.15) is 38.2 Å². The van der Waals surface area contributed by atoms with Gasteiger partial charge in [0, 0.05) is 12.3 Å². The molecule has 1 nitrogen and oxygen atoms in total. The highest BCUT2D eigenvalue weighted by atomic mass is 16.1. The number of hydrogen-bond donors (Lipinski definition) is 0. The van der Waals surface area contributed by atoms with Crippen molar-refractivity contribution < 1.29 is 4.79 Å². The van der Waals surface area contributed by atoms with Crippen LogP contribution in [0, 0.1) is 0 Å². The predicted octanol–water partition coefficient (Wildman–Crippen LogP) is 3.72. The predicted molar refractivity (Wildman–Crippen MR) is 63.9 cm³/mol. The molecule has 0 aliphatic carbocycles. The molecule has 0 bridgehead atoms. The summed E-state index contributed by atoms with van der Waals surface area (Å²) in [5.74, 6) is 0.480. The van der Waals surface area contributed by atoms with Gasteiger partial charge in [0.2, 0.25) is 0 Å². The van der Waals surface area contributed by atoms with Crippen LogP contribution in [0.25, 0.3) is 0 Å². The third-order valence-electron chi connectivity index (χ3n) is 2.34. The molecule has 15 heavy (non-hydrogen) atoms. The van der Waals surface area contributed by atoms with E-state index in [0.717, 1.165) is 6.42 Å². The molecular formula is C14H18O. The Morgan fingerprint density at radius 3 is 2.53 bits per heavy atom. The van der Waals surface area contributed by atoms with Crippen molar-refractivity contribution in [2.75, 3.05) is 0 Å². The molecule has 1 rings (SSSR count). The third-order valence-corrected chi connectivity index (χ3v) is 2.34. The summed E-state index contributed by atoms with van der Waals surface area (Å²) < 4.78 is 0. The number of rotatable bonds is 5. The maximum absolute atomic E-state index is 11.2. The summed E-state index contributed by atoms with van der Waals surface area (Å²) in [6.45, 7) is 3.75. The molecule has 1 heteroatoms. The highest BCUT2D eigenvalue weighted by Crippen LogP contribution is 2.21. The first kappa shape index (κ1) is 11.7. The van der Waals surface area contributed by atoms with Crippen molar-refractivity contribution in [2.45, 2.75) is 32.6 Å². The van der Waals surface area contributed by atoms with E-state index in [2.05, 4.69) is 31.2 Å². The van der Waals surface area contributed by atoms with Gasteiger partial charge in [-0.05, 0) is 18.9 Å². The molecule has 0 N–H and O–H groups in total. The van der Waals surface area contributed by atoms with E-state index in [1.165, 1.54) is 5.56 Å². The van der Waals surface area contributed by atoms with Crippen LogP contribution in [-0.4, -0.2) is 5.78 Å². The van der Waals surface area contributed by atoms with E-state index >= 15 is 0 Å². The number of benzene rings is 1. The fraction of sp³-hybridized carbons (Fsp3) is 0.357. The van der Waals surface area contributed by atoms with Crippen molar-refractivity contribution in [1.82, 2.24) is 0 Å². The highest BCUT2D eigenvalue weighted by molar-refractivity contribution is 5.76. The summed E-state index contributed by atoms with van der Waals surface area (Å²) in [4.78, 5) is 11.2. The largest absolute Gasteiger partial charge is 0.300 e. The molecule has 0 aromatic heterocycles. The van der Waals surface area contributed by atoms with Gasteiger partial charge >= 0.3 is 0 Å². The minimum absolute atomic E-state index is 0.239. The van der Waals surface area contributed by atoms with Crippen LogP contribution in [0.2, 0.25) is 0 Å². The van der Waals surface area contributed by atoms with Gasteiger partial charge in [-0.2, -0.15) is 0 Å². The fourth-order valence-electron chi connectivity index (χ4n) is 1.61. The summed E-state index contributed by atoms with van der Waals surface area (Å²) >= 11 is 0. The molecule has 0 aliphatic rings. The van der Waals surface area contributed by atoms with Crippen molar-refractivity contribution in [2.24, 2.45) is 0 Å². The number of carbonyl (C=O) groups excluding carboxylic acids is 1. The molecule has 0 saturated carbocycles. The summed E-state index contributed by atoms with van der Waals surface area (Å²) in [6, 6.07) is 10.2. The number of ketones is 1. The molecule has 1 atom stereocenters. The molecule has 80 valence electrons. The first-order valence-corrected chi connectivity index (χ1v) is 5.45. The number of hydrogen-bond acceptors (Lipinski definition) is 1. The van der Waals surface area contributed by atoms with Crippen LogP contribution < -0.4 is 0 Å². The van der Waals surface area contributed by atoms with Crippen LogP contribution >= 0.6 is 0 Å². The number of Topliss-reactive ketones (excluding diaryl/α,β-unsaturated/α-hetero) is 1. The first-order chi connectivity index (χ1) is 7.24. The third kappa shape index (κ3) is 4.11. The normalized spacial score (nSPS) is 12.9. The maximum atomic E-state index is 11.2. The van der Waals surface area contributed by atoms with Crippen molar-refractivity contribution in [1.29, 1.82) is 0 Å². The van der Waals surface area contributed by atoms with E-state index in [0.29, 0.717) is 6.42 Å². The molecule has 1 aromatic carbocycles. The van der Waals surface area contributed by atoms with E-state index in [9.17, 15) is 4.79 Å². The van der Waals surface area contributed by atoms with Crippen LogP contribution in [0.5, 0.6) is 0 Å². The molecule has 0 amide bonds. The zero-order chi connectivity index (χ0) is 11.1. The zero-order valence-corrected chi connectivity index (χ0v) is 9.44. The lowest BCUT2D eigenvalue weighted by Gasteiger charge is -2.10. The minimum atomic E-state index is 0.239. The summed E-state index contributed by atoms with van der Waals surface area (Å²) in [6.07, 6.45) is 5.87. The average molecular weight is 202 g/mol. The van der Waals surface area contributed by atoms with Crippen LogP contribution in [-0.2, 0) is 4.79 Å². The van der Waals surface area contributed by atoms with Gasteiger partial charge in [0.25, 0.3) is 0 Å². The maximum Gasteiger partial charge on any atom is 0.130 e. The summed E-state index contributed by atoms with van der Waals surface area (Å²) in [5.41, 5.74) is 1.22. The Bertz CT molecular complexity index is 324. The Kier molecular flexibility index (Phi) is 4.82. The lowest BCUT2D eigenvalue weighted by molar-refractivity contribution is -0.117. The molecular weight excluding hydrogens is 184 g/mol. The Balaban J connectivity index is 2.81. The molecule has 0 spiro atoms. The van der Waals surface area contributed by atoms with Crippen molar-refractivity contribution >= 4 is 5.78 Å². The lowest BCUT2D eigenvalue weighted by atomic mass is 9.93. The molecule has 0 aliphatic heterocycles. The average Bonchev–Trinajstić information content (AvgIpc) is 2.25. The second-order valence-electron chi connectivity index (χ2n) is 3.76. The van der Waals surface area contributed by atoms with Gasteiger partial charge in [-0.1, -0.05) is 49.4 Å². The molecule has 0 radical (unpaired) electrons.